The average Bonchev–Trinajstić information content (AvgIpc) is 3.49. The van der Waals surface area contributed by atoms with Gasteiger partial charge in [0.15, 0.2) is 18.9 Å². The molecule has 0 amide bonds. The van der Waals surface area contributed by atoms with E-state index in [4.69, 9.17) is 28.4 Å². The Morgan fingerprint density at radius 2 is 1.29 bits per heavy atom. The number of carboxylic acids is 1. The third kappa shape index (κ3) is 7.42. The number of rotatable bonds is 9. The number of carboxylic acid groups (broad SMARTS) is 1. The highest BCUT2D eigenvalue weighted by atomic mass is 16.8. The molecule has 0 radical (unpaired) electrons. The fourth-order valence-electron chi connectivity index (χ4n) is 14.9. The Morgan fingerprint density at radius 3 is 1.94 bits per heavy atom. The van der Waals surface area contributed by atoms with Gasteiger partial charge in [-0.25, -0.2) is 0 Å². The molecule has 16 nitrogen and oxygen atoms in total. The molecule has 0 aromatic carbocycles. The molecule has 8 aliphatic rings. The van der Waals surface area contributed by atoms with Crippen LogP contribution in [-0.2, 0) is 33.2 Å². The van der Waals surface area contributed by atoms with Crippen molar-refractivity contribution in [3.05, 3.63) is 11.6 Å². The maximum Gasteiger partial charge on any atom is 0.310 e. The van der Waals surface area contributed by atoms with Crippen molar-refractivity contribution < 1.29 is 79.2 Å². The second kappa shape index (κ2) is 16.7. The van der Waals surface area contributed by atoms with Gasteiger partial charge in [0, 0.05) is 0 Å². The van der Waals surface area contributed by atoms with Gasteiger partial charge in [-0.2, -0.15) is 0 Å². The number of aliphatic carboxylic acids is 1. The van der Waals surface area contributed by atoms with E-state index in [9.17, 15) is 50.8 Å². The maximum atomic E-state index is 13.1. The number of hydrogen-bond acceptors (Lipinski definition) is 15. The lowest BCUT2D eigenvalue weighted by atomic mass is 9.33. The van der Waals surface area contributed by atoms with Crippen molar-refractivity contribution in [2.75, 3.05) is 13.2 Å². The minimum absolute atomic E-state index is 0.0204. The minimum Gasteiger partial charge on any atom is -0.481 e. The standard InChI is InChI=1S/C47H76O16/c1-22-30(50)32(52)34(54)38(58-22)62-36-26(21-49)60-40(37(35(36)55)63-39-33(53)31(51)25(20-48)59-39)61-29-12-13-44(6)27(43(29,4)5)11-14-46(8)28(44)10-9-23-24-19-42(2,3)15-17-47(24,41(56)57)18-16-45(23,46)7/h9,22,24-40,48-55H,10-21H2,1-8H3,(H,56,57)/t22-,24+,25-,26+,27-,28+,29-,30+,31-,32+,33-,34-,35+,36-,37+,38+,39-,40-,44+,45-,46-,47-/m0/s1. The number of hydrogen-bond donors (Lipinski definition) is 9. The number of fused-ring (bicyclic) bond motifs is 7. The second-order valence-corrected chi connectivity index (χ2v) is 23.0. The molecule has 7 fully saturated rings. The highest BCUT2D eigenvalue weighted by Crippen LogP contribution is 2.76. The van der Waals surface area contributed by atoms with Crippen molar-refractivity contribution in [3.63, 3.8) is 0 Å². The van der Waals surface area contributed by atoms with Gasteiger partial charge in [0.05, 0.1) is 30.8 Å². The van der Waals surface area contributed by atoms with Gasteiger partial charge in [-0.3, -0.25) is 4.79 Å². The van der Waals surface area contributed by atoms with E-state index in [-0.39, 0.29) is 33.5 Å². The van der Waals surface area contributed by atoms with Crippen molar-refractivity contribution in [1.29, 1.82) is 0 Å². The van der Waals surface area contributed by atoms with Crippen LogP contribution in [0.4, 0.5) is 0 Å². The molecule has 9 N–H and O–H groups in total. The predicted molar refractivity (Wildman–Crippen MR) is 223 cm³/mol. The summed E-state index contributed by atoms with van der Waals surface area (Å²) < 4.78 is 36.9. The second-order valence-electron chi connectivity index (χ2n) is 23.0. The molecule has 16 heteroatoms. The molecule has 4 saturated carbocycles. The summed E-state index contributed by atoms with van der Waals surface area (Å²) >= 11 is 0. The molecule has 0 unspecified atom stereocenters. The molecule has 22 atom stereocenters. The molecule has 0 bridgehead atoms. The lowest BCUT2D eigenvalue weighted by Gasteiger charge is -2.71. The fraction of sp³-hybridized carbons (Fsp3) is 0.936. The number of carbonyl (C=O) groups is 1. The van der Waals surface area contributed by atoms with Crippen LogP contribution in [0, 0.1) is 50.2 Å². The van der Waals surface area contributed by atoms with E-state index in [1.807, 2.05) is 0 Å². The number of aliphatic hydroxyl groups excluding tert-OH is 8. The maximum absolute atomic E-state index is 13.1. The average molecular weight is 897 g/mol. The first kappa shape index (κ1) is 48.1. The van der Waals surface area contributed by atoms with Gasteiger partial charge in [0.1, 0.15) is 61.0 Å². The highest BCUT2D eigenvalue weighted by molar-refractivity contribution is 5.76. The molecule has 360 valence electrons. The Labute approximate surface area is 371 Å². The van der Waals surface area contributed by atoms with Crippen LogP contribution in [0.25, 0.3) is 0 Å². The third-order valence-electron chi connectivity index (χ3n) is 19.0. The monoisotopic (exact) mass is 897 g/mol. The van der Waals surface area contributed by atoms with Gasteiger partial charge in [-0.15, -0.1) is 0 Å². The summed E-state index contributed by atoms with van der Waals surface area (Å²) in [5, 5.41) is 96.4. The number of aliphatic hydroxyl groups is 8. The topological polar surface area (TPSA) is 255 Å². The third-order valence-corrected chi connectivity index (χ3v) is 19.0. The summed E-state index contributed by atoms with van der Waals surface area (Å²) in [5.74, 6) is -0.0937. The van der Waals surface area contributed by atoms with E-state index in [0.717, 1.165) is 51.4 Å². The van der Waals surface area contributed by atoms with E-state index in [1.54, 1.807) is 0 Å². The van der Waals surface area contributed by atoms with E-state index in [0.29, 0.717) is 18.8 Å². The molecule has 8 rings (SSSR count). The minimum atomic E-state index is -1.73. The molecule has 3 saturated heterocycles. The summed E-state index contributed by atoms with van der Waals surface area (Å²) in [6.45, 7) is 16.5. The van der Waals surface area contributed by atoms with Crippen LogP contribution in [0.5, 0.6) is 0 Å². The van der Waals surface area contributed by atoms with Crippen LogP contribution in [0.1, 0.15) is 120 Å². The van der Waals surface area contributed by atoms with E-state index in [1.165, 1.54) is 12.5 Å². The van der Waals surface area contributed by atoms with Gasteiger partial charge in [-0.1, -0.05) is 60.1 Å². The summed E-state index contributed by atoms with van der Waals surface area (Å²) in [5.41, 5.74) is -0.00790. The Morgan fingerprint density at radius 1 is 0.667 bits per heavy atom. The Kier molecular flexibility index (Phi) is 12.8. The zero-order valence-electron chi connectivity index (χ0n) is 38.3. The molecular weight excluding hydrogens is 821 g/mol. The number of allylic oxidation sites excluding steroid dienone is 2. The van der Waals surface area contributed by atoms with Crippen molar-refractivity contribution in [3.8, 4) is 0 Å². The summed E-state index contributed by atoms with van der Waals surface area (Å²) in [6.07, 6.45) is -9.99. The first-order valence-corrected chi connectivity index (χ1v) is 23.6. The fourth-order valence-corrected chi connectivity index (χ4v) is 14.9. The lowest BCUT2D eigenvalue weighted by Crippen LogP contribution is -2.67. The van der Waals surface area contributed by atoms with Crippen LogP contribution in [0.2, 0.25) is 0 Å². The van der Waals surface area contributed by atoms with Crippen molar-refractivity contribution in [1.82, 2.24) is 0 Å². The predicted octanol–water partition coefficient (Wildman–Crippen LogP) is 2.37. The molecular formula is C47H76O16. The smallest absolute Gasteiger partial charge is 0.310 e. The Hall–Kier alpha value is -1.35. The van der Waals surface area contributed by atoms with Gasteiger partial charge >= 0.3 is 5.97 Å². The highest BCUT2D eigenvalue weighted by Gasteiger charge is 2.70. The summed E-state index contributed by atoms with van der Waals surface area (Å²) in [6, 6.07) is 0. The van der Waals surface area contributed by atoms with Crippen LogP contribution in [-0.4, -0.2) is 157 Å². The van der Waals surface area contributed by atoms with E-state index >= 15 is 0 Å². The lowest BCUT2D eigenvalue weighted by molar-refractivity contribution is -0.382. The molecule has 5 aliphatic carbocycles. The zero-order valence-corrected chi connectivity index (χ0v) is 38.3. The normalized spacial score (nSPS) is 53.9. The van der Waals surface area contributed by atoms with Crippen LogP contribution in [0.3, 0.4) is 0 Å². The van der Waals surface area contributed by atoms with Crippen LogP contribution >= 0.6 is 0 Å². The Bertz CT molecular complexity index is 1720. The largest absolute Gasteiger partial charge is 0.481 e. The molecule has 0 aromatic rings. The van der Waals surface area contributed by atoms with Gasteiger partial charge < -0.3 is 74.4 Å². The van der Waals surface area contributed by atoms with Crippen molar-refractivity contribution in [2.24, 2.45) is 50.2 Å². The van der Waals surface area contributed by atoms with Crippen molar-refractivity contribution >= 4 is 5.97 Å². The molecule has 3 aliphatic heterocycles. The number of ether oxygens (including phenoxy) is 6. The van der Waals surface area contributed by atoms with Gasteiger partial charge in [-0.05, 0) is 116 Å². The van der Waals surface area contributed by atoms with Crippen LogP contribution in [0.15, 0.2) is 11.6 Å². The molecule has 3 heterocycles. The summed E-state index contributed by atoms with van der Waals surface area (Å²) in [4.78, 5) is 13.1. The van der Waals surface area contributed by atoms with Crippen LogP contribution < -0.4 is 0 Å². The SMILES string of the molecule is C[C@@H]1O[C@H](O[C@@H]2[C@@H](O)[C@@H](O[C@@H]3O[C@@H](CO)[C@H](O)[C@@H]3O)[C@H](O[C@H]3CC[C@@]4(C)[C@H]5CC=C6[C@H]7CC(C)(C)CC[C@]7(C(=O)O)CC[C@]6(C)[C@@]5(C)CC[C@H]4C3(C)C)O[C@@H]2CO)[C@@H](O)[C@H](O)[C@@H]1O. The quantitative estimate of drug-likeness (QED) is 0.119. The summed E-state index contributed by atoms with van der Waals surface area (Å²) in [7, 11) is 0. The van der Waals surface area contributed by atoms with Gasteiger partial charge in [0.25, 0.3) is 0 Å². The Balaban J connectivity index is 1.06. The van der Waals surface area contributed by atoms with Gasteiger partial charge in [0.2, 0.25) is 0 Å². The molecule has 0 spiro atoms. The molecule has 63 heavy (non-hydrogen) atoms. The first-order chi connectivity index (χ1) is 29.4. The van der Waals surface area contributed by atoms with E-state index in [2.05, 4.69) is 54.5 Å². The van der Waals surface area contributed by atoms with Crippen molar-refractivity contribution in [2.45, 2.75) is 212 Å². The molecule has 0 aromatic heterocycles. The van der Waals surface area contributed by atoms with E-state index < -0.39 is 122 Å². The first-order valence-electron chi connectivity index (χ1n) is 23.6. The zero-order chi connectivity index (χ0) is 46.0.